The van der Waals surface area contributed by atoms with Crippen molar-refractivity contribution < 1.29 is 14.7 Å². The number of para-hydroxylation sites is 1. The average Bonchev–Trinajstić information content (AvgIpc) is 3.24. The molecule has 0 saturated heterocycles. The second kappa shape index (κ2) is 8.87. The van der Waals surface area contributed by atoms with Gasteiger partial charge in [0.15, 0.2) is 0 Å². The van der Waals surface area contributed by atoms with Crippen LogP contribution in [0.25, 0.3) is 23.0 Å². The molecular formula is C24H18N4O3. The Bertz CT molecular complexity index is 1230. The fraction of sp³-hybridized carbons (Fsp3) is 0. The van der Waals surface area contributed by atoms with Crippen LogP contribution >= 0.6 is 0 Å². The lowest BCUT2D eigenvalue weighted by Gasteiger charge is -2.06. The van der Waals surface area contributed by atoms with E-state index in [0.717, 1.165) is 11.3 Å². The van der Waals surface area contributed by atoms with E-state index in [-0.39, 0.29) is 5.70 Å². The summed E-state index contributed by atoms with van der Waals surface area (Å²) in [5, 5.41) is 16.8. The van der Waals surface area contributed by atoms with Gasteiger partial charge in [0, 0.05) is 35.3 Å². The van der Waals surface area contributed by atoms with Crippen LogP contribution in [0.4, 0.5) is 0 Å². The maximum atomic E-state index is 12.5. The number of benzene rings is 2. The van der Waals surface area contributed by atoms with Crippen LogP contribution in [0.2, 0.25) is 0 Å². The molecule has 7 heteroatoms. The summed E-state index contributed by atoms with van der Waals surface area (Å²) in [4.78, 5) is 28.5. The van der Waals surface area contributed by atoms with E-state index in [4.69, 9.17) is 0 Å². The number of amides is 1. The molecule has 2 aromatic carbocycles. The van der Waals surface area contributed by atoms with Crippen molar-refractivity contribution in [1.82, 2.24) is 20.1 Å². The van der Waals surface area contributed by atoms with Gasteiger partial charge in [0.1, 0.15) is 11.4 Å². The van der Waals surface area contributed by atoms with E-state index in [9.17, 15) is 14.7 Å². The van der Waals surface area contributed by atoms with Gasteiger partial charge in [0.25, 0.3) is 5.91 Å². The second-order valence-electron chi connectivity index (χ2n) is 6.64. The molecule has 152 valence electrons. The number of carboxylic acids is 1. The molecule has 4 aromatic rings. The number of hydrogen-bond acceptors (Lipinski definition) is 4. The molecule has 7 nitrogen and oxygen atoms in total. The third kappa shape index (κ3) is 4.56. The highest BCUT2D eigenvalue weighted by molar-refractivity contribution is 6.03. The molecule has 0 aliphatic rings. The summed E-state index contributed by atoms with van der Waals surface area (Å²) in [7, 11) is 0. The summed E-state index contributed by atoms with van der Waals surface area (Å²) >= 11 is 0. The van der Waals surface area contributed by atoms with Crippen LogP contribution in [0.15, 0.2) is 97.1 Å². The van der Waals surface area contributed by atoms with Crippen LogP contribution in [0.1, 0.15) is 15.9 Å². The minimum atomic E-state index is -1.26. The summed E-state index contributed by atoms with van der Waals surface area (Å²) in [6, 6.07) is 21.5. The minimum absolute atomic E-state index is 0.258. The number of pyridine rings is 1. The van der Waals surface area contributed by atoms with E-state index in [1.54, 1.807) is 59.7 Å². The number of carboxylic acid groups (broad SMARTS) is 1. The van der Waals surface area contributed by atoms with Crippen molar-refractivity contribution in [2.75, 3.05) is 0 Å². The zero-order chi connectivity index (χ0) is 21.6. The first-order valence-corrected chi connectivity index (χ1v) is 9.49. The molecule has 0 aliphatic heterocycles. The Morgan fingerprint density at radius 3 is 2.29 bits per heavy atom. The van der Waals surface area contributed by atoms with E-state index in [0.29, 0.717) is 16.8 Å². The molecular weight excluding hydrogens is 392 g/mol. The normalized spacial score (nSPS) is 11.2. The molecule has 0 atom stereocenters. The van der Waals surface area contributed by atoms with Gasteiger partial charge >= 0.3 is 5.97 Å². The van der Waals surface area contributed by atoms with E-state index >= 15 is 0 Å². The van der Waals surface area contributed by atoms with Gasteiger partial charge in [-0.05, 0) is 42.5 Å². The monoisotopic (exact) mass is 410 g/mol. The fourth-order valence-corrected chi connectivity index (χ4v) is 3.02. The third-order valence-electron chi connectivity index (χ3n) is 4.51. The van der Waals surface area contributed by atoms with Crippen LogP contribution in [0.5, 0.6) is 0 Å². The van der Waals surface area contributed by atoms with E-state index < -0.39 is 11.9 Å². The molecule has 31 heavy (non-hydrogen) atoms. The highest BCUT2D eigenvalue weighted by atomic mass is 16.4. The molecule has 0 spiro atoms. The fourth-order valence-electron chi connectivity index (χ4n) is 3.02. The van der Waals surface area contributed by atoms with Crippen molar-refractivity contribution in [2.45, 2.75) is 0 Å². The minimum Gasteiger partial charge on any atom is -0.477 e. The predicted molar refractivity (Wildman–Crippen MR) is 116 cm³/mol. The number of carbonyl (C=O) groups excluding carboxylic acids is 1. The number of aromatic nitrogens is 3. The summed E-state index contributed by atoms with van der Waals surface area (Å²) in [6.45, 7) is 0. The molecule has 0 bridgehead atoms. The number of aliphatic carboxylic acids is 1. The molecule has 2 N–H and O–H groups in total. The van der Waals surface area contributed by atoms with E-state index in [1.807, 2.05) is 36.4 Å². The predicted octanol–water partition coefficient (Wildman–Crippen LogP) is 3.79. The quantitative estimate of drug-likeness (QED) is 0.472. The first-order chi connectivity index (χ1) is 15.1. The highest BCUT2D eigenvalue weighted by Gasteiger charge is 2.17. The summed E-state index contributed by atoms with van der Waals surface area (Å²) in [5.74, 6) is -1.76. The Balaban J connectivity index is 1.77. The van der Waals surface area contributed by atoms with E-state index in [1.165, 1.54) is 6.08 Å². The van der Waals surface area contributed by atoms with Crippen molar-refractivity contribution in [3.05, 3.63) is 108 Å². The molecule has 1 amide bonds. The van der Waals surface area contributed by atoms with Gasteiger partial charge in [-0.3, -0.25) is 9.78 Å². The van der Waals surface area contributed by atoms with Gasteiger partial charge < -0.3 is 10.4 Å². The maximum absolute atomic E-state index is 12.5. The number of hydrogen-bond donors (Lipinski definition) is 2. The number of rotatable bonds is 6. The van der Waals surface area contributed by atoms with Crippen LogP contribution < -0.4 is 5.32 Å². The number of carbonyl (C=O) groups is 2. The Morgan fingerprint density at radius 2 is 1.65 bits per heavy atom. The third-order valence-corrected chi connectivity index (χ3v) is 4.51. The van der Waals surface area contributed by atoms with Gasteiger partial charge in [-0.1, -0.05) is 36.4 Å². The molecule has 0 unspecified atom stereocenters. The molecule has 0 fully saturated rings. The maximum Gasteiger partial charge on any atom is 0.352 e. The van der Waals surface area contributed by atoms with Crippen LogP contribution in [-0.2, 0) is 4.79 Å². The van der Waals surface area contributed by atoms with Crippen LogP contribution in [0, 0.1) is 0 Å². The van der Waals surface area contributed by atoms with Crippen LogP contribution in [-0.4, -0.2) is 31.7 Å². The SMILES string of the molecule is O=C(O)/C(=C\c1cn(-c2ccccc2)nc1-c1cccnc1)NC(=O)c1ccccc1. The van der Waals surface area contributed by atoms with Crippen molar-refractivity contribution in [2.24, 2.45) is 0 Å². The summed E-state index contributed by atoms with van der Waals surface area (Å²) in [5.41, 5.74) is 2.72. The number of nitrogens with zero attached hydrogens (tertiary/aromatic N) is 3. The van der Waals surface area contributed by atoms with Gasteiger partial charge in [-0.2, -0.15) is 5.10 Å². The summed E-state index contributed by atoms with van der Waals surface area (Å²) < 4.78 is 1.66. The Hall–Kier alpha value is -4.52. The topological polar surface area (TPSA) is 97.1 Å². The van der Waals surface area contributed by atoms with Crippen LogP contribution in [0.3, 0.4) is 0 Å². The molecule has 2 aromatic heterocycles. The smallest absolute Gasteiger partial charge is 0.352 e. The molecule has 2 heterocycles. The van der Waals surface area contributed by atoms with Gasteiger partial charge in [-0.25, -0.2) is 9.48 Å². The molecule has 0 aliphatic carbocycles. The molecule has 0 saturated carbocycles. The van der Waals surface area contributed by atoms with Crippen molar-refractivity contribution >= 4 is 18.0 Å². The first kappa shape index (κ1) is 19.8. The Labute approximate surface area is 178 Å². The average molecular weight is 410 g/mol. The Morgan fingerprint density at radius 1 is 0.935 bits per heavy atom. The Kier molecular flexibility index (Phi) is 5.66. The van der Waals surface area contributed by atoms with Gasteiger partial charge in [0.2, 0.25) is 0 Å². The zero-order valence-electron chi connectivity index (χ0n) is 16.3. The number of nitrogens with one attached hydrogen (secondary N) is 1. The van der Waals surface area contributed by atoms with Gasteiger partial charge in [-0.15, -0.1) is 0 Å². The van der Waals surface area contributed by atoms with Crippen molar-refractivity contribution in [1.29, 1.82) is 0 Å². The largest absolute Gasteiger partial charge is 0.477 e. The van der Waals surface area contributed by atoms with Crippen molar-refractivity contribution in [3.8, 4) is 16.9 Å². The molecule has 4 rings (SSSR count). The second-order valence-corrected chi connectivity index (χ2v) is 6.64. The van der Waals surface area contributed by atoms with Crippen molar-refractivity contribution in [3.63, 3.8) is 0 Å². The van der Waals surface area contributed by atoms with E-state index in [2.05, 4.69) is 15.4 Å². The summed E-state index contributed by atoms with van der Waals surface area (Å²) in [6.07, 6.45) is 6.42. The lowest BCUT2D eigenvalue weighted by Crippen LogP contribution is -2.27. The van der Waals surface area contributed by atoms with Gasteiger partial charge in [0.05, 0.1) is 5.69 Å². The zero-order valence-corrected chi connectivity index (χ0v) is 16.3. The lowest BCUT2D eigenvalue weighted by molar-refractivity contribution is -0.132. The molecule has 0 radical (unpaired) electrons. The highest BCUT2D eigenvalue weighted by Crippen LogP contribution is 2.25. The lowest BCUT2D eigenvalue weighted by atomic mass is 10.1. The first-order valence-electron chi connectivity index (χ1n) is 9.49. The standard InChI is InChI=1S/C24H18N4O3/c29-23(17-8-3-1-4-9-17)26-21(24(30)31)14-19-16-28(20-11-5-2-6-12-20)27-22(19)18-10-7-13-25-15-18/h1-16H,(H,26,29)(H,30,31)/b21-14+.